The zero-order valence-corrected chi connectivity index (χ0v) is 15.7. The van der Waals surface area contributed by atoms with Gasteiger partial charge in [-0.1, -0.05) is 18.2 Å². The average Bonchev–Trinajstić information content (AvgIpc) is 2.97. The fourth-order valence-electron chi connectivity index (χ4n) is 2.14. The molecule has 5 nitrogen and oxygen atoms in total. The van der Waals surface area contributed by atoms with Crippen molar-refractivity contribution in [3.63, 3.8) is 0 Å². The van der Waals surface area contributed by atoms with Crippen molar-refractivity contribution in [3.8, 4) is 5.88 Å². The van der Waals surface area contributed by atoms with Crippen molar-refractivity contribution in [1.82, 2.24) is 15.6 Å². The van der Waals surface area contributed by atoms with Gasteiger partial charge in [0.15, 0.2) is 5.96 Å². The highest BCUT2D eigenvalue weighted by Crippen LogP contribution is 2.10. The molecule has 1 aromatic rings. The number of hydrogen-bond donors (Lipinski definition) is 2. The molecule has 1 aromatic heterocycles. The second-order valence-electron chi connectivity index (χ2n) is 5.38. The fraction of sp³-hybridized carbons (Fsp3) is 0.500. The van der Waals surface area contributed by atoms with Gasteiger partial charge >= 0.3 is 0 Å². The van der Waals surface area contributed by atoms with Gasteiger partial charge < -0.3 is 15.4 Å². The van der Waals surface area contributed by atoms with E-state index in [0.29, 0.717) is 18.5 Å². The van der Waals surface area contributed by atoms with Crippen LogP contribution in [0.4, 0.5) is 0 Å². The molecule has 0 saturated carbocycles. The summed E-state index contributed by atoms with van der Waals surface area (Å²) in [5.74, 6) is 1.49. The minimum atomic E-state index is 0. The number of pyridine rings is 1. The lowest BCUT2D eigenvalue weighted by atomic mass is 10.2. The number of rotatable bonds is 5. The lowest BCUT2D eigenvalue weighted by Crippen LogP contribution is -2.42. The van der Waals surface area contributed by atoms with Gasteiger partial charge in [-0.3, -0.25) is 4.99 Å². The first kappa shape index (κ1) is 18.7. The second-order valence-corrected chi connectivity index (χ2v) is 5.38. The number of aromatic nitrogens is 1. The zero-order chi connectivity index (χ0) is 15.1. The summed E-state index contributed by atoms with van der Waals surface area (Å²) in [6.07, 6.45) is 8.48. The maximum absolute atomic E-state index is 5.53. The van der Waals surface area contributed by atoms with Crippen molar-refractivity contribution in [2.24, 2.45) is 4.99 Å². The molecule has 2 N–H and O–H groups in total. The van der Waals surface area contributed by atoms with Crippen LogP contribution in [-0.2, 0) is 6.54 Å². The van der Waals surface area contributed by atoms with Gasteiger partial charge in [0.2, 0.25) is 5.88 Å². The lowest BCUT2D eigenvalue weighted by Gasteiger charge is -2.17. The third-order valence-corrected chi connectivity index (χ3v) is 3.19. The Kier molecular flexibility index (Phi) is 8.22. The molecular weight excluding hydrogens is 391 g/mol. The Hall–Kier alpha value is -1.31. The van der Waals surface area contributed by atoms with Gasteiger partial charge in [-0.05, 0) is 32.3 Å². The van der Waals surface area contributed by atoms with E-state index in [4.69, 9.17) is 4.74 Å². The maximum atomic E-state index is 5.53. The highest BCUT2D eigenvalue weighted by molar-refractivity contribution is 14.0. The third kappa shape index (κ3) is 6.21. The first-order valence-electron chi connectivity index (χ1n) is 7.41. The van der Waals surface area contributed by atoms with Crippen molar-refractivity contribution in [1.29, 1.82) is 0 Å². The number of nitrogens with one attached hydrogen (secondary N) is 2. The molecule has 0 atom stereocenters. The Labute approximate surface area is 149 Å². The van der Waals surface area contributed by atoms with E-state index < -0.39 is 0 Å². The van der Waals surface area contributed by atoms with Crippen LogP contribution in [0.1, 0.15) is 32.3 Å². The largest absolute Gasteiger partial charge is 0.475 e. The van der Waals surface area contributed by atoms with E-state index in [1.165, 1.54) is 0 Å². The van der Waals surface area contributed by atoms with Crippen LogP contribution in [-0.4, -0.2) is 30.1 Å². The summed E-state index contributed by atoms with van der Waals surface area (Å²) < 4.78 is 5.53. The van der Waals surface area contributed by atoms with Gasteiger partial charge in [0, 0.05) is 31.9 Å². The summed E-state index contributed by atoms with van der Waals surface area (Å²) in [6.45, 7) is 4.67. The van der Waals surface area contributed by atoms with Crippen molar-refractivity contribution >= 4 is 29.9 Å². The minimum Gasteiger partial charge on any atom is -0.475 e. The summed E-state index contributed by atoms with van der Waals surface area (Å²) in [7, 11) is 1.79. The van der Waals surface area contributed by atoms with E-state index in [2.05, 4.69) is 32.8 Å². The molecule has 122 valence electrons. The van der Waals surface area contributed by atoms with Crippen LogP contribution in [0.15, 0.2) is 35.5 Å². The van der Waals surface area contributed by atoms with Gasteiger partial charge in [0.05, 0.1) is 6.10 Å². The Morgan fingerprint density at radius 2 is 2.09 bits per heavy atom. The van der Waals surface area contributed by atoms with E-state index >= 15 is 0 Å². The van der Waals surface area contributed by atoms with E-state index in [0.717, 1.165) is 24.4 Å². The molecule has 1 aliphatic carbocycles. The number of guanidine groups is 1. The quantitative estimate of drug-likeness (QED) is 0.336. The first-order chi connectivity index (χ1) is 10.2. The molecule has 0 saturated heterocycles. The van der Waals surface area contributed by atoms with Crippen LogP contribution in [0.25, 0.3) is 0 Å². The molecule has 0 aliphatic heterocycles. The van der Waals surface area contributed by atoms with E-state index in [1.54, 1.807) is 7.05 Å². The van der Waals surface area contributed by atoms with Crippen LogP contribution in [0, 0.1) is 0 Å². The molecule has 0 aromatic carbocycles. The molecule has 0 spiro atoms. The van der Waals surface area contributed by atoms with Gasteiger partial charge in [0.1, 0.15) is 0 Å². The molecule has 2 rings (SSSR count). The van der Waals surface area contributed by atoms with Crippen LogP contribution in [0.5, 0.6) is 5.88 Å². The smallest absolute Gasteiger partial charge is 0.213 e. The first-order valence-corrected chi connectivity index (χ1v) is 7.41. The van der Waals surface area contributed by atoms with E-state index in [-0.39, 0.29) is 30.1 Å². The Bertz CT molecular complexity index is 491. The third-order valence-electron chi connectivity index (χ3n) is 3.19. The van der Waals surface area contributed by atoms with Gasteiger partial charge in [-0.2, -0.15) is 0 Å². The molecule has 0 amide bonds. The average molecular weight is 416 g/mol. The van der Waals surface area contributed by atoms with Crippen molar-refractivity contribution in [3.05, 3.63) is 36.0 Å². The summed E-state index contributed by atoms with van der Waals surface area (Å²) in [5.41, 5.74) is 1.10. The lowest BCUT2D eigenvalue weighted by molar-refractivity contribution is 0.232. The summed E-state index contributed by atoms with van der Waals surface area (Å²) in [6, 6.07) is 4.37. The van der Waals surface area contributed by atoms with Gasteiger partial charge in [0.25, 0.3) is 0 Å². The molecule has 1 aliphatic rings. The van der Waals surface area contributed by atoms with Crippen molar-refractivity contribution < 1.29 is 4.74 Å². The summed E-state index contributed by atoms with van der Waals surface area (Å²) >= 11 is 0. The van der Waals surface area contributed by atoms with E-state index in [1.807, 2.05) is 32.2 Å². The molecule has 6 heteroatoms. The van der Waals surface area contributed by atoms with Crippen LogP contribution in [0.3, 0.4) is 0 Å². The zero-order valence-electron chi connectivity index (χ0n) is 13.4. The van der Waals surface area contributed by atoms with Crippen LogP contribution < -0.4 is 15.4 Å². The number of halogens is 1. The standard InChI is InChI=1S/C16H24N4O.HI/c1-12(2)21-15-9-8-13(10-18-15)11-19-16(17-3)20-14-6-4-5-7-14;/h4-5,8-10,12,14H,6-7,11H2,1-3H3,(H2,17,19,20);1H. The molecule has 0 fully saturated rings. The van der Waals surface area contributed by atoms with Crippen LogP contribution >= 0.6 is 24.0 Å². The fourth-order valence-corrected chi connectivity index (χ4v) is 2.14. The number of aliphatic imine (C=N–C) groups is 1. The number of hydrogen-bond acceptors (Lipinski definition) is 3. The SMILES string of the molecule is CN=C(NCc1ccc(OC(C)C)nc1)NC1CC=CC1.I. The Morgan fingerprint density at radius 3 is 2.64 bits per heavy atom. The van der Waals surface area contributed by atoms with Crippen molar-refractivity contribution in [2.75, 3.05) is 7.05 Å². The molecule has 0 radical (unpaired) electrons. The molecule has 22 heavy (non-hydrogen) atoms. The van der Waals surface area contributed by atoms with Gasteiger partial charge in [-0.15, -0.1) is 24.0 Å². The van der Waals surface area contributed by atoms with Gasteiger partial charge in [-0.25, -0.2) is 4.98 Å². The predicted octanol–water partition coefficient (Wildman–Crippen LogP) is 2.87. The highest BCUT2D eigenvalue weighted by Gasteiger charge is 2.11. The second kappa shape index (κ2) is 9.66. The summed E-state index contributed by atoms with van der Waals surface area (Å²) in [4.78, 5) is 8.54. The maximum Gasteiger partial charge on any atom is 0.213 e. The monoisotopic (exact) mass is 416 g/mol. The number of nitrogens with zero attached hydrogens (tertiary/aromatic N) is 2. The van der Waals surface area contributed by atoms with Crippen molar-refractivity contribution in [2.45, 2.75) is 45.4 Å². The topological polar surface area (TPSA) is 58.5 Å². The Balaban J connectivity index is 0.00000242. The predicted molar refractivity (Wildman–Crippen MR) is 101 cm³/mol. The minimum absolute atomic E-state index is 0. The molecular formula is C16H25IN4O. The molecule has 0 bridgehead atoms. The van der Waals surface area contributed by atoms with E-state index in [9.17, 15) is 0 Å². The normalized spacial score (nSPS) is 14.8. The molecule has 0 unspecified atom stereocenters. The number of ether oxygens (including phenoxy) is 1. The van der Waals surface area contributed by atoms with Crippen LogP contribution in [0.2, 0.25) is 0 Å². The summed E-state index contributed by atoms with van der Waals surface area (Å²) in [5, 5.41) is 6.71. The Morgan fingerprint density at radius 1 is 1.36 bits per heavy atom. The highest BCUT2D eigenvalue weighted by atomic mass is 127. The molecule has 1 heterocycles.